The fourth-order valence-electron chi connectivity index (χ4n) is 3.43. The lowest BCUT2D eigenvalue weighted by Crippen LogP contribution is -2.41. The molecule has 1 saturated heterocycles. The highest BCUT2D eigenvalue weighted by Crippen LogP contribution is 2.23. The number of nitrogens with zero attached hydrogens (tertiary/aromatic N) is 5. The maximum atomic E-state index is 12.8. The van der Waals surface area contributed by atoms with Gasteiger partial charge in [0.25, 0.3) is 0 Å². The molecule has 1 N–H and O–H groups in total. The lowest BCUT2D eigenvalue weighted by Gasteiger charge is -2.32. The highest BCUT2D eigenvalue weighted by molar-refractivity contribution is 5.94. The summed E-state index contributed by atoms with van der Waals surface area (Å²) in [6.45, 7) is 3.53. The molecule has 0 bridgehead atoms. The summed E-state index contributed by atoms with van der Waals surface area (Å²) < 4.78 is 6.60. The van der Waals surface area contributed by atoms with Crippen molar-refractivity contribution < 1.29 is 14.3 Å². The van der Waals surface area contributed by atoms with Gasteiger partial charge in [-0.1, -0.05) is 0 Å². The zero-order chi connectivity index (χ0) is 20.2. The Kier molecular flexibility index (Phi) is 5.37. The van der Waals surface area contributed by atoms with E-state index < -0.39 is 0 Å². The molecule has 1 aliphatic heterocycles. The van der Waals surface area contributed by atoms with E-state index >= 15 is 0 Å². The van der Waals surface area contributed by atoms with Crippen LogP contribution in [0.2, 0.25) is 0 Å². The van der Waals surface area contributed by atoms with E-state index in [-0.39, 0.29) is 17.8 Å². The quantitative estimate of drug-likeness (QED) is 0.662. The number of ether oxygens (including phenoxy) is 1. The molecule has 9 nitrogen and oxygen atoms in total. The number of aromatic nitrogens is 4. The topological polar surface area (TPSA) is 102 Å². The fourth-order valence-corrected chi connectivity index (χ4v) is 3.43. The number of carbonyl (C=O) groups is 2. The minimum absolute atomic E-state index is 0.0380. The molecule has 1 amide bonds. The van der Waals surface area contributed by atoms with Crippen LogP contribution in [0, 0.1) is 5.92 Å². The van der Waals surface area contributed by atoms with Gasteiger partial charge in [-0.15, -0.1) is 15.3 Å². The van der Waals surface area contributed by atoms with Gasteiger partial charge in [0.15, 0.2) is 5.65 Å². The standard InChI is InChI=1S/C20H22N6O3/c1-2-29-20(28)14-5-7-16(8-6-14)22-19(27)15-4-3-11-25(12-15)18-10-9-17-23-21-13-26(17)24-18/h5-10,13,15H,2-4,11-12H2,1H3,(H,22,27). The van der Waals surface area contributed by atoms with Gasteiger partial charge in [0, 0.05) is 18.8 Å². The second-order valence-electron chi connectivity index (χ2n) is 6.90. The number of esters is 1. The predicted octanol–water partition coefficient (Wildman–Crippen LogP) is 2.16. The van der Waals surface area contributed by atoms with E-state index in [1.165, 1.54) is 0 Å². The Morgan fingerprint density at radius 3 is 2.83 bits per heavy atom. The second kappa shape index (κ2) is 8.26. The van der Waals surface area contributed by atoms with Crippen molar-refractivity contribution in [2.75, 3.05) is 29.9 Å². The Morgan fingerprint density at radius 2 is 2.03 bits per heavy atom. The van der Waals surface area contributed by atoms with Crippen molar-refractivity contribution in [2.45, 2.75) is 19.8 Å². The van der Waals surface area contributed by atoms with Crippen LogP contribution in [0.25, 0.3) is 5.65 Å². The third kappa shape index (κ3) is 4.18. The van der Waals surface area contributed by atoms with E-state index in [9.17, 15) is 9.59 Å². The molecule has 1 unspecified atom stereocenters. The summed E-state index contributed by atoms with van der Waals surface area (Å²) in [5, 5.41) is 15.3. The number of amides is 1. The third-order valence-corrected chi connectivity index (χ3v) is 4.93. The van der Waals surface area contributed by atoms with Gasteiger partial charge in [0.2, 0.25) is 5.91 Å². The van der Waals surface area contributed by atoms with E-state index in [2.05, 4.69) is 25.5 Å². The Hall–Kier alpha value is -3.49. The number of benzene rings is 1. The SMILES string of the molecule is CCOC(=O)c1ccc(NC(=O)C2CCCN(c3ccc4nncn4n3)C2)cc1. The third-order valence-electron chi connectivity index (χ3n) is 4.93. The highest BCUT2D eigenvalue weighted by atomic mass is 16.5. The summed E-state index contributed by atoms with van der Waals surface area (Å²) in [7, 11) is 0. The van der Waals surface area contributed by atoms with Crippen LogP contribution >= 0.6 is 0 Å². The number of hydrogen-bond donors (Lipinski definition) is 1. The van der Waals surface area contributed by atoms with E-state index in [4.69, 9.17) is 4.74 Å². The first-order chi connectivity index (χ1) is 14.1. The number of rotatable bonds is 5. The molecule has 1 aliphatic rings. The average Bonchev–Trinajstić information content (AvgIpc) is 3.22. The van der Waals surface area contributed by atoms with Crippen molar-refractivity contribution >= 4 is 29.0 Å². The van der Waals surface area contributed by atoms with Crippen LogP contribution in [0.4, 0.5) is 11.5 Å². The Labute approximate surface area is 167 Å². The Bertz CT molecular complexity index is 1020. The maximum Gasteiger partial charge on any atom is 0.338 e. The van der Waals surface area contributed by atoms with E-state index in [0.717, 1.165) is 25.2 Å². The van der Waals surface area contributed by atoms with Gasteiger partial charge in [-0.2, -0.15) is 4.52 Å². The summed E-state index contributed by atoms with van der Waals surface area (Å²) >= 11 is 0. The van der Waals surface area contributed by atoms with Crippen molar-refractivity contribution in [1.29, 1.82) is 0 Å². The molecule has 3 heterocycles. The van der Waals surface area contributed by atoms with Gasteiger partial charge in [-0.3, -0.25) is 4.79 Å². The van der Waals surface area contributed by atoms with Crippen molar-refractivity contribution in [3.8, 4) is 0 Å². The zero-order valence-electron chi connectivity index (χ0n) is 16.1. The molecule has 0 radical (unpaired) electrons. The van der Waals surface area contributed by atoms with E-state index in [1.54, 1.807) is 42.0 Å². The van der Waals surface area contributed by atoms with Crippen LogP contribution in [-0.4, -0.2) is 51.4 Å². The molecule has 1 atom stereocenters. The summed E-state index contributed by atoms with van der Waals surface area (Å²) in [5.41, 5.74) is 1.81. The van der Waals surface area contributed by atoms with Crippen LogP contribution < -0.4 is 10.2 Å². The zero-order valence-corrected chi connectivity index (χ0v) is 16.1. The van der Waals surface area contributed by atoms with E-state index in [1.807, 2.05) is 12.1 Å². The maximum absolute atomic E-state index is 12.8. The van der Waals surface area contributed by atoms with Crippen LogP contribution in [0.1, 0.15) is 30.1 Å². The summed E-state index contributed by atoms with van der Waals surface area (Å²) in [5.74, 6) is 0.246. The number of fused-ring (bicyclic) bond motifs is 1. The normalized spacial score (nSPS) is 16.6. The highest BCUT2D eigenvalue weighted by Gasteiger charge is 2.27. The lowest BCUT2D eigenvalue weighted by atomic mass is 9.97. The predicted molar refractivity (Wildman–Crippen MR) is 107 cm³/mol. The average molecular weight is 394 g/mol. The second-order valence-corrected chi connectivity index (χ2v) is 6.90. The Morgan fingerprint density at radius 1 is 1.21 bits per heavy atom. The number of hydrogen-bond acceptors (Lipinski definition) is 7. The molecular weight excluding hydrogens is 372 g/mol. The fraction of sp³-hybridized carbons (Fsp3) is 0.350. The minimum atomic E-state index is -0.370. The molecule has 150 valence electrons. The van der Waals surface area contributed by atoms with Crippen molar-refractivity contribution in [3.63, 3.8) is 0 Å². The molecule has 2 aromatic heterocycles. The van der Waals surface area contributed by atoms with E-state index in [0.29, 0.717) is 30.0 Å². The van der Waals surface area contributed by atoms with Gasteiger partial charge < -0.3 is 15.0 Å². The number of carbonyl (C=O) groups excluding carboxylic acids is 2. The minimum Gasteiger partial charge on any atom is -0.462 e. The van der Waals surface area contributed by atoms with Gasteiger partial charge >= 0.3 is 5.97 Å². The van der Waals surface area contributed by atoms with Crippen LogP contribution in [0.15, 0.2) is 42.7 Å². The molecule has 29 heavy (non-hydrogen) atoms. The van der Waals surface area contributed by atoms with Crippen molar-refractivity contribution in [2.24, 2.45) is 5.92 Å². The largest absolute Gasteiger partial charge is 0.462 e. The summed E-state index contributed by atoms with van der Waals surface area (Å²) in [6.07, 6.45) is 3.28. The van der Waals surface area contributed by atoms with Gasteiger partial charge in [-0.25, -0.2) is 4.79 Å². The molecule has 1 aromatic carbocycles. The summed E-state index contributed by atoms with van der Waals surface area (Å²) in [4.78, 5) is 26.6. The smallest absolute Gasteiger partial charge is 0.338 e. The van der Waals surface area contributed by atoms with Crippen LogP contribution in [0.3, 0.4) is 0 Å². The molecule has 1 fully saturated rings. The van der Waals surface area contributed by atoms with Gasteiger partial charge in [0.1, 0.15) is 12.1 Å². The molecule has 3 aromatic rings. The molecule has 4 rings (SSSR count). The first kappa shape index (κ1) is 18.9. The van der Waals surface area contributed by atoms with Gasteiger partial charge in [-0.05, 0) is 56.2 Å². The number of anilines is 2. The first-order valence-electron chi connectivity index (χ1n) is 9.64. The van der Waals surface area contributed by atoms with Crippen molar-refractivity contribution in [1.82, 2.24) is 19.8 Å². The lowest BCUT2D eigenvalue weighted by molar-refractivity contribution is -0.120. The molecule has 9 heteroatoms. The molecule has 0 saturated carbocycles. The monoisotopic (exact) mass is 394 g/mol. The Balaban J connectivity index is 1.40. The molecule has 0 spiro atoms. The molecular formula is C20H22N6O3. The first-order valence-corrected chi connectivity index (χ1v) is 9.64. The van der Waals surface area contributed by atoms with Gasteiger partial charge in [0.05, 0.1) is 18.1 Å². The van der Waals surface area contributed by atoms with Crippen molar-refractivity contribution in [3.05, 3.63) is 48.3 Å². The number of nitrogens with one attached hydrogen (secondary N) is 1. The van der Waals surface area contributed by atoms with Crippen LogP contribution in [-0.2, 0) is 9.53 Å². The number of piperidine rings is 1. The van der Waals surface area contributed by atoms with Crippen LogP contribution in [0.5, 0.6) is 0 Å². The molecule has 0 aliphatic carbocycles. The summed E-state index contributed by atoms with van der Waals surface area (Å²) in [6, 6.07) is 10.5.